The molecule has 0 saturated carbocycles. The van der Waals surface area contributed by atoms with Crippen molar-refractivity contribution in [2.75, 3.05) is 44.9 Å². The van der Waals surface area contributed by atoms with Crippen molar-refractivity contribution >= 4 is 11.6 Å². The van der Waals surface area contributed by atoms with Gasteiger partial charge in [0.15, 0.2) is 0 Å². The summed E-state index contributed by atoms with van der Waals surface area (Å²) in [4.78, 5) is 16.7. The van der Waals surface area contributed by atoms with Crippen LogP contribution in [0.15, 0.2) is 48.5 Å². The maximum atomic E-state index is 12.6. The summed E-state index contributed by atoms with van der Waals surface area (Å²) in [6.45, 7) is 6.49. The van der Waals surface area contributed by atoms with E-state index in [9.17, 15) is 4.79 Å². The van der Waals surface area contributed by atoms with Gasteiger partial charge in [-0.25, -0.2) is 0 Å². The monoisotopic (exact) mass is 382 g/mol. The Kier molecular flexibility index (Phi) is 7.31. The summed E-state index contributed by atoms with van der Waals surface area (Å²) in [5.41, 5.74) is 3.50. The Bertz CT molecular complexity index is 772. The Balaban J connectivity index is 1.48. The van der Waals surface area contributed by atoms with Gasteiger partial charge in [0.25, 0.3) is 0 Å². The van der Waals surface area contributed by atoms with E-state index in [4.69, 9.17) is 9.47 Å². The largest absolute Gasteiger partial charge is 0.493 e. The first kappa shape index (κ1) is 20.2. The lowest BCUT2D eigenvalue weighted by atomic mass is 10.1. The molecule has 0 atom stereocenters. The van der Waals surface area contributed by atoms with Gasteiger partial charge in [0.2, 0.25) is 5.91 Å². The van der Waals surface area contributed by atoms with Gasteiger partial charge in [0.05, 0.1) is 19.8 Å². The lowest BCUT2D eigenvalue weighted by Crippen LogP contribution is -2.37. The first-order chi connectivity index (χ1) is 13.6. The molecule has 0 aromatic heterocycles. The molecule has 0 unspecified atom stereocenters. The van der Waals surface area contributed by atoms with E-state index in [1.54, 1.807) is 0 Å². The second-order valence-corrected chi connectivity index (χ2v) is 7.20. The lowest BCUT2D eigenvalue weighted by molar-refractivity contribution is -0.130. The van der Waals surface area contributed by atoms with Gasteiger partial charge in [-0.05, 0) is 36.6 Å². The molecule has 150 valence electrons. The van der Waals surface area contributed by atoms with E-state index in [1.165, 1.54) is 11.3 Å². The predicted molar refractivity (Wildman–Crippen MR) is 112 cm³/mol. The van der Waals surface area contributed by atoms with Gasteiger partial charge in [0.1, 0.15) is 5.75 Å². The molecular formula is C23H30N2O3. The number of morpholine rings is 1. The molecule has 0 spiro atoms. The average molecular weight is 383 g/mol. The van der Waals surface area contributed by atoms with E-state index in [-0.39, 0.29) is 5.91 Å². The van der Waals surface area contributed by atoms with Crippen LogP contribution in [-0.2, 0) is 16.1 Å². The summed E-state index contributed by atoms with van der Waals surface area (Å²) in [5.74, 6) is 1.04. The number of benzene rings is 2. The maximum Gasteiger partial charge on any atom is 0.222 e. The number of amides is 1. The molecule has 1 saturated heterocycles. The second-order valence-electron chi connectivity index (χ2n) is 7.20. The minimum Gasteiger partial charge on any atom is -0.493 e. The Morgan fingerprint density at radius 2 is 1.82 bits per heavy atom. The Morgan fingerprint density at radius 1 is 1.11 bits per heavy atom. The molecule has 2 aromatic carbocycles. The predicted octanol–water partition coefficient (Wildman–Crippen LogP) is 3.65. The molecule has 5 nitrogen and oxygen atoms in total. The summed E-state index contributed by atoms with van der Waals surface area (Å²) in [5, 5.41) is 0. The van der Waals surface area contributed by atoms with Crippen LogP contribution in [0.1, 0.15) is 24.0 Å². The first-order valence-electron chi connectivity index (χ1n) is 9.98. The van der Waals surface area contributed by atoms with Crippen LogP contribution in [0.2, 0.25) is 0 Å². The summed E-state index contributed by atoms with van der Waals surface area (Å²) < 4.78 is 11.3. The van der Waals surface area contributed by atoms with Gasteiger partial charge in [-0.1, -0.05) is 36.4 Å². The fraction of sp³-hybridized carbons (Fsp3) is 0.435. The minimum absolute atomic E-state index is 0.144. The van der Waals surface area contributed by atoms with Gasteiger partial charge in [-0.3, -0.25) is 4.79 Å². The number of ether oxygens (including phenoxy) is 2. The maximum absolute atomic E-state index is 12.6. The molecule has 28 heavy (non-hydrogen) atoms. The highest BCUT2D eigenvalue weighted by atomic mass is 16.5. The van der Waals surface area contributed by atoms with Crippen LogP contribution in [0, 0.1) is 6.92 Å². The first-order valence-corrected chi connectivity index (χ1v) is 9.98. The minimum atomic E-state index is 0.144. The number of rotatable bonds is 8. The number of hydrogen-bond donors (Lipinski definition) is 0. The average Bonchev–Trinajstić information content (AvgIpc) is 2.73. The highest BCUT2D eigenvalue weighted by Gasteiger charge is 2.17. The van der Waals surface area contributed by atoms with Crippen LogP contribution in [-0.4, -0.2) is 50.8 Å². The van der Waals surface area contributed by atoms with Crippen LogP contribution in [0.5, 0.6) is 5.75 Å². The van der Waals surface area contributed by atoms with Gasteiger partial charge in [-0.2, -0.15) is 0 Å². The van der Waals surface area contributed by atoms with Gasteiger partial charge < -0.3 is 19.3 Å². The van der Waals surface area contributed by atoms with Crippen molar-refractivity contribution < 1.29 is 14.3 Å². The van der Waals surface area contributed by atoms with Crippen molar-refractivity contribution in [2.45, 2.75) is 26.3 Å². The second kappa shape index (κ2) is 10.1. The Morgan fingerprint density at radius 3 is 2.61 bits per heavy atom. The number of aryl methyl sites for hydroxylation is 1. The molecule has 0 bridgehead atoms. The van der Waals surface area contributed by atoms with Crippen LogP contribution < -0.4 is 9.64 Å². The quantitative estimate of drug-likeness (QED) is 0.654. The highest BCUT2D eigenvalue weighted by Crippen LogP contribution is 2.23. The number of hydrogen-bond acceptors (Lipinski definition) is 4. The topological polar surface area (TPSA) is 42.0 Å². The molecule has 5 heteroatoms. The van der Waals surface area contributed by atoms with Crippen LogP contribution >= 0.6 is 0 Å². The molecule has 0 radical (unpaired) electrons. The third-order valence-electron chi connectivity index (χ3n) is 5.06. The zero-order valence-electron chi connectivity index (χ0n) is 16.9. The van der Waals surface area contributed by atoms with Crippen LogP contribution in [0.25, 0.3) is 0 Å². The van der Waals surface area contributed by atoms with Gasteiger partial charge >= 0.3 is 0 Å². The highest BCUT2D eigenvalue weighted by molar-refractivity contribution is 5.76. The van der Waals surface area contributed by atoms with Crippen LogP contribution in [0.3, 0.4) is 0 Å². The number of carbonyl (C=O) groups is 1. The third kappa shape index (κ3) is 5.49. The SMILES string of the molecule is Cc1ccccc1OCCCC(=O)N(C)Cc1ccccc1N1CCOCC1. The van der Waals surface area contributed by atoms with Gasteiger partial charge in [-0.15, -0.1) is 0 Å². The number of para-hydroxylation sites is 2. The van der Waals surface area contributed by atoms with Crippen LogP contribution in [0.4, 0.5) is 5.69 Å². The molecule has 0 aliphatic carbocycles. The standard InChI is InChI=1S/C23H30N2O3/c1-19-8-3-6-11-22(19)28-15-7-12-23(26)24(2)18-20-9-4-5-10-21(20)25-13-16-27-17-14-25/h3-6,8-11H,7,12-18H2,1-2H3. The number of nitrogens with zero attached hydrogens (tertiary/aromatic N) is 2. The van der Waals surface area contributed by atoms with Crippen molar-refractivity contribution in [1.29, 1.82) is 0 Å². The summed E-state index contributed by atoms with van der Waals surface area (Å²) >= 11 is 0. The Hall–Kier alpha value is -2.53. The van der Waals surface area contributed by atoms with E-state index in [2.05, 4.69) is 23.1 Å². The van der Waals surface area contributed by atoms with Crippen molar-refractivity contribution in [1.82, 2.24) is 4.90 Å². The third-order valence-corrected chi connectivity index (χ3v) is 5.06. The summed E-state index contributed by atoms with van der Waals surface area (Å²) in [6.07, 6.45) is 1.20. The zero-order valence-corrected chi connectivity index (χ0v) is 16.9. The molecule has 1 aliphatic rings. The van der Waals surface area contributed by atoms with E-state index < -0.39 is 0 Å². The molecule has 1 aliphatic heterocycles. The molecule has 0 N–H and O–H groups in total. The van der Waals surface area contributed by atoms with E-state index in [0.717, 1.165) is 37.6 Å². The molecule has 1 heterocycles. The van der Waals surface area contributed by atoms with Crippen molar-refractivity contribution in [2.24, 2.45) is 0 Å². The molecule has 1 fully saturated rings. The van der Waals surface area contributed by atoms with Gasteiger partial charge in [0, 0.05) is 38.8 Å². The lowest BCUT2D eigenvalue weighted by Gasteiger charge is -2.31. The normalized spacial score (nSPS) is 14.0. The number of anilines is 1. The van der Waals surface area contributed by atoms with E-state index >= 15 is 0 Å². The molecular weight excluding hydrogens is 352 g/mol. The van der Waals surface area contributed by atoms with Crippen molar-refractivity contribution in [3.05, 3.63) is 59.7 Å². The van der Waals surface area contributed by atoms with Crippen molar-refractivity contribution in [3.8, 4) is 5.75 Å². The fourth-order valence-corrected chi connectivity index (χ4v) is 3.42. The summed E-state index contributed by atoms with van der Waals surface area (Å²) in [7, 11) is 1.88. The molecule has 1 amide bonds. The smallest absolute Gasteiger partial charge is 0.222 e. The molecule has 2 aromatic rings. The Labute approximate surface area is 167 Å². The van der Waals surface area contributed by atoms with E-state index in [1.807, 2.05) is 49.2 Å². The molecule has 3 rings (SSSR count). The van der Waals surface area contributed by atoms with Crippen molar-refractivity contribution in [3.63, 3.8) is 0 Å². The zero-order chi connectivity index (χ0) is 19.8. The van der Waals surface area contributed by atoms with E-state index in [0.29, 0.717) is 26.0 Å². The summed E-state index contributed by atoms with van der Waals surface area (Å²) in [6, 6.07) is 16.3. The number of carbonyl (C=O) groups excluding carboxylic acids is 1. The fourth-order valence-electron chi connectivity index (χ4n) is 3.42.